The van der Waals surface area contributed by atoms with Gasteiger partial charge < -0.3 is 19.1 Å². The van der Waals surface area contributed by atoms with Crippen LogP contribution in [0.4, 0.5) is 22.7 Å². The fourth-order valence-electron chi connectivity index (χ4n) is 8.84. The summed E-state index contributed by atoms with van der Waals surface area (Å²) in [7, 11) is 0. The number of rotatable bonds is 7. The molecule has 340 valence electrons. The van der Waals surface area contributed by atoms with Crippen LogP contribution in [0.3, 0.4) is 0 Å². The molecule has 1 aliphatic heterocycles. The van der Waals surface area contributed by atoms with Gasteiger partial charge in [0, 0.05) is 71.0 Å². The van der Waals surface area contributed by atoms with Gasteiger partial charge in [-0.05, 0) is 104 Å². The average molecular weight is 1060 g/mol. The van der Waals surface area contributed by atoms with Gasteiger partial charge in [-0.25, -0.2) is 4.98 Å². The van der Waals surface area contributed by atoms with Gasteiger partial charge in [-0.2, -0.15) is 12.1 Å². The zero-order valence-electron chi connectivity index (χ0n) is 42.6. The maximum Gasteiger partial charge on any atom is 0.135 e. The number of hydrogen-bond donors (Lipinski definition) is 0. The molecule has 0 radical (unpaired) electrons. The maximum absolute atomic E-state index is 8.68. The van der Waals surface area contributed by atoms with Gasteiger partial charge in [0.1, 0.15) is 5.82 Å². The van der Waals surface area contributed by atoms with E-state index in [1.54, 1.807) is 12.3 Å². The Morgan fingerprint density at radius 1 is 0.552 bits per heavy atom. The van der Waals surface area contributed by atoms with Crippen LogP contribution in [0.1, 0.15) is 88.7 Å². The van der Waals surface area contributed by atoms with Gasteiger partial charge in [0.15, 0.2) is 0 Å². The molecule has 67 heavy (non-hydrogen) atoms. The first kappa shape index (κ1) is 42.0. The molecule has 0 saturated heterocycles. The fraction of sp³-hybridized carbons (Fsp3) is 0.213. The Morgan fingerprint density at radius 3 is 1.91 bits per heavy atom. The van der Waals surface area contributed by atoms with E-state index in [0.717, 1.165) is 55.7 Å². The zero-order chi connectivity index (χ0) is 48.6. The molecular weight excluding hydrogens is 1000 g/mol. The number of aryl methyl sites for hydroxylation is 1. The molecule has 0 amide bonds. The average Bonchev–Trinajstić information content (AvgIpc) is 3.86. The van der Waals surface area contributed by atoms with Gasteiger partial charge in [0.25, 0.3) is 0 Å². The van der Waals surface area contributed by atoms with E-state index in [9.17, 15) is 0 Å². The predicted molar refractivity (Wildman–Crippen MR) is 276 cm³/mol. The Balaban J connectivity index is 0.00000608. The minimum atomic E-state index is -2.41. The monoisotopic (exact) mass is 1060 g/mol. The van der Waals surface area contributed by atoms with E-state index in [1.807, 2.05) is 89.5 Å². The first-order valence-corrected chi connectivity index (χ1v) is 22.8. The molecule has 6 heteroatoms. The van der Waals surface area contributed by atoms with E-state index in [4.69, 9.17) is 13.8 Å². The predicted octanol–water partition coefficient (Wildman–Crippen LogP) is 16.5. The molecule has 5 nitrogen and oxygen atoms in total. The number of benzene rings is 7. The first-order chi connectivity index (χ1) is 32.7. The van der Waals surface area contributed by atoms with Gasteiger partial charge in [-0.15, -0.1) is 48.1 Å². The Hall–Kier alpha value is -6.42. The molecule has 0 unspecified atom stereocenters. The van der Waals surface area contributed by atoms with E-state index < -0.39 is 6.85 Å². The number of hydrogen-bond acceptors (Lipinski definition) is 4. The van der Waals surface area contributed by atoms with Crippen LogP contribution >= 0.6 is 0 Å². The Morgan fingerprint density at radius 2 is 1.21 bits per heavy atom. The second kappa shape index (κ2) is 17.3. The minimum Gasteiger partial charge on any atom is -0.509 e. The largest absolute Gasteiger partial charge is 0.509 e. The van der Waals surface area contributed by atoms with Crippen molar-refractivity contribution >= 4 is 44.6 Å². The van der Waals surface area contributed by atoms with Crippen LogP contribution in [-0.2, 0) is 37.3 Å². The van der Waals surface area contributed by atoms with Gasteiger partial charge in [0.05, 0.1) is 0 Å². The van der Waals surface area contributed by atoms with E-state index in [0.29, 0.717) is 28.4 Å². The van der Waals surface area contributed by atoms with Gasteiger partial charge >= 0.3 is 0 Å². The summed E-state index contributed by atoms with van der Waals surface area (Å²) in [6.45, 7) is 20.1. The number of fused-ring (bicyclic) bond motifs is 4. The number of para-hydroxylation sites is 1. The van der Waals surface area contributed by atoms with E-state index in [1.165, 1.54) is 16.7 Å². The Labute approximate surface area is 415 Å². The molecule has 0 aliphatic carbocycles. The van der Waals surface area contributed by atoms with Crippen molar-refractivity contribution in [2.75, 3.05) is 9.80 Å². The zero-order valence-corrected chi connectivity index (χ0v) is 41.9. The summed E-state index contributed by atoms with van der Waals surface area (Å²) in [5, 5.41) is 1.93. The molecule has 0 saturated carbocycles. The molecular formula is C61H57N4OPt-3. The van der Waals surface area contributed by atoms with Crippen LogP contribution in [0.5, 0.6) is 11.5 Å². The fourth-order valence-corrected chi connectivity index (χ4v) is 8.84. The van der Waals surface area contributed by atoms with Crippen molar-refractivity contribution in [3.05, 3.63) is 199 Å². The van der Waals surface area contributed by atoms with Crippen LogP contribution in [0.25, 0.3) is 49.9 Å². The molecule has 0 spiro atoms. The van der Waals surface area contributed by atoms with Gasteiger partial charge in [-0.3, -0.25) is 0 Å². The summed E-state index contributed by atoms with van der Waals surface area (Å²) in [6.07, 6.45) is 1.68. The molecule has 0 N–H and O–H groups in total. The van der Waals surface area contributed by atoms with Gasteiger partial charge in [-0.1, -0.05) is 153 Å². The number of aromatic nitrogens is 2. The first-order valence-electron chi connectivity index (χ1n) is 24.3. The minimum absolute atomic E-state index is 0. The van der Waals surface area contributed by atoms with Crippen molar-refractivity contribution in [1.29, 1.82) is 0 Å². The van der Waals surface area contributed by atoms with Crippen molar-refractivity contribution < 1.29 is 29.9 Å². The van der Waals surface area contributed by atoms with Crippen molar-refractivity contribution in [2.45, 2.75) is 85.4 Å². The summed E-state index contributed by atoms with van der Waals surface area (Å²) >= 11 is 0. The molecule has 10 rings (SSSR count). The molecule has 0 bridgehead atoms. The number of nitrogens with zero attached hydrogens (tertiary/aromatic N) is 4. The van der Waals surface area contributed by atoms with Crippen LogP contribution < -0.4 is 14.5 Å². The number of ether oxygens (including phenoxy) is 1. The summed E-state index contributed by atoms with van der Waals surface area (Å²) in [6, 6.07) is 58.7. The molecule has 2 aromatic heterocycles. The molecule has 0 atom stereocenters. The molecule has 7 aromatic carbocycles. The van der Waals surface area contributed by atoms with Crippen molar-refractivity contribution in [1.82, 2.24) is 9.55 Å². The topological polar surface area (TPSA) is 33.5 Å². The normalized spacial score (nSPS) is 13.8. The van der Waals surface area contributed by atoms with E-state index >= 15 is 0 Å². The Bertz CT molecular complexity index is 3360. The quantitative estimate of drug-likeness (QED) is 0.149. The van der Waals surface area contributed by atoms with Crippen molar-refractivity contribution in [3.63, 3.8) is 0 Å². The third-order valence-electron chi connectivity index (χ3n) is 12.7. The summed E-state index contributed by atoms with van der Waals surface area (Å²) in [5.74, 6) is 1.49. The summed E-state index contributed by atoms with van der Waals surface area (Å²) in [4.78, 5) is 9.46. The standard InChI is InChI=1S/C61H57N4O.Pt/c1-40-31-58(62-38-53(40)43-25-23-42(24-26-43)41-17-12-11-13-18-41)65-54-22-15-14-21-51(54)52-29-28-50(37-56(52)65)66-49-20-16-19-47(36-49)63-39-64(55-30-27-44(35-57(55)63)59(2,3)4)48-33-45(60(5,6)7)32-46(34-48)61(8,9)10;/h11-35,38-39H,1-10H3;/q-3;/i1D3;. The third-order valence-corrected chi connectivity index (χ3v) is 12.7. The molecule has 9 aromatic rings. The molecule has 3 heterocycles. The second-order valence-electron chi connectivity index (χ2n) is 20.5. The van der Waals surface area contributed by atoms with Crippen LogP contribution in [-0.4, -0.2) is 9.55 Å². The summed E-state index contributed by atoms with van der Waals surface area (Å²) < 4.78 is 34.7. The van der Waals surface area contributed by atoms with Crippen molar-refractivity contribution in [3.8, 4) is 39.6 Å². The smallest absolute Gasteiger partial charge is 0.135 e. The van der Waals surface area contributed by atoms with Crippen LogP contribution in [0.2, 0.25) is 0 Å². The second-order valence-corrected chi connectivity index (χ2v) is 20.5. The Kier molecular flexibility index (Phi) is 10.9. The van der Waals surface area contributed by atoms with Crippen LogP contribution in [0, 0.1) is 25.7 Å². The van der Waals surface area contributed by atoms with Gasteiger partial charge in [0.2, 0.25) is 0 Å². The maximum atomic E-state index is 8.68. The number of pyridine rings is 1. The van der Waals surface area contributed by atoms with E-state index in [2.05, 4.69) is 152 Å². The van der Waals surface area contributed by atoms with Crippen LogP contribution in [0.15, 0.2) is 158 Å². The third kappa shape index (κ3) is 8.83. The van der Waals surface area contributed by atoms with Crippen molar-refractivity contribution in [2.24, 2.45) is 0 Å². The van der Waals surface area contributed by atoms with E-state index in [-0.39, 0.29) is 42.9 Å². The molecule has 1 aliphatic rings. The number of anilines is 4. The molecule has 0 fully saturated rings. The summed E-state index contributed by atoms with van der Waals surface area (Å²) in [5.41, 5.74) is 13.0. The SMILES string of the molecule is [2H]C([2H])([2H])c1cc(-n2c3[c-]c(Oc4[c-]c(N5[CH-]N(c6cc(C(C)(C)C)cc(C(C)(C)C)c6)c6ccc(C(C)(C)C)cc65)ccc4)ccc3c3ccccc32)ncc1-c1ccc(-c2ccccc2)cc1.[Pt].